The van der Waals surface area contributed by atoms with Crippen molar-refractivity contribution in [2.75, 3.05) is 6.54 Å². The summed E-state index contributed by atoms with van der Waals surface area (Å²) in [7, 11) is 0. The van der Waals surface area contributed by atoms with Crippen LogP contribution in [0.5, 0.6) is 5.75 Å². The van der Waals surface area contributed by atoms with Crippen molar-refractivity contribution in [1.82, 2.24) is 10.7 Å². The molecule has 126 valence electrons. The van der Waals surface area contributed by atoms with Crippen molar-refractivity contribution in [1.29, 1.82) is 0 Å². The number of hydrogen-bond acceptors (Lipinski definition) is 3. The summed E-state index contributed by atoms with van der Waals surface area (Å²) in [5.74, 6) is 0.751. The van der Waals surface area contributed by atoms with E-state index in [1.54, 1.807) is 6.21 Å². The first kappa shape index (κ1) is 18.9. The number of ether oxygens (including phenoxy) is 1. The van der Waals surface area contributed by atoms with Crippen LogP contribution in [0.3, 0.4) is 0 Å². The normalized spacial score (nSPS) is 10.6. The van der Waals surface area contributed by atoms with Crippen LogP contribution in [0.25, 0.3) is 0 Å². The molecule has 0 aliphatic heterocycles. The third kappa shape index (κ3) is 6.22. The predicted octanol–water partition coefficient (Wildman–Crippen LogP) is 4.61. The first-order valence-corrected chi connectivity index (χ1v) is 9.31. The summed E-state index contributed by atoms with van der Waals surface area (Å²) in [6.07, 6.45) is 1.69. The maximum atomic E-state index is 5.92. The molecule has 24 heavy (non-hydrogen) atoms. The summed E-state index contributed by atoms with van der Waals surface area (Å²) in [6.45, 7) is 3.21. The van der Waals surface area contributed by atoms with Gasteiger partial charge in [-0.2, -0.15) is 5.10 Å². The Morgan fingerprint density at radius 2 is 1.88 bits per heavy atom. The smallest absolute Gasteiger partial charge is 0.186 e. The molecule has 0 saturated carbocycles. The minimum Gasteiger partial charge on any atom is -0.488 e. The molecule has 2 aromatic carbocycles. The van der Waals surface area contributed by atoms with Crippen LogP contribution in [-0.2, 0) is 6.61 Å². The molecule has 0 atom stereocenters. The van der Waals surface area contributed by atoms with Gasteiger partial charge < -0.3 is 10.1 Å². The lowest BCUT2D eigenvalue weighted by atomic mass is 10.2. The third-order valence-corrected chi connectivity index (χ3v) is 4.24. The first-order chi connectivity index (χ1) is 11.6. The molecule has 0 bridgehead atoms. The lowest BCUT2D eigenvalue weighted by Gasteiger charge is -2.10. The van der Waals surface area contributed by atoms with Gasteiger partial charge in [0, 0.05) is 21.1 Å². The molecular formula is C17H17Br2N3OS. The molecule has 0 radical (unpaired) electrons. The van der Waals surface area contributed by atoms with Crippen molar-refractivity contribution in [2.45, 2.75) is 13.5 Å². The van der Waals surface area contributed by atoms with Crippen molar-refractivity contribution in [3.05, 3.63) is 62.5 Å². The molecule has 0 amide bonds. The van der Waals surface area contributed by atoms with Crippen molar-refractivity contribution < 1.29 is 4.74 Å². The molecular weight excluding hydrogens is 454 g/mol. The van der Waals surface area contributed by atoms with E-state index < -0.39 is 0 Å². The molecule has 0 saturated heterocycles. The second-order valence-electron chi connectivity index (χ2n) is 4.83. The molecule has 0 spiro atoms. The largest absolute Gasteiger partial charge is 0.488 e. The topological polar surface area (TPSA) is 45.7 Å². The summed E-state index contributed by atoms with van der Waals surface area (Å²) in [4.78, 5) is 0. The molecule has 0 aromatic heterocycles. The van der Waals surface area contributed by atoms with Crippen LogP contribution in [0.4, 0.5) is 0 Å². The van der Waals surface area contributed by atoms with Gasteiger partial charge in [-0.05, 0) is 55.0 Å². The SMILES string of the molecule is CCNC(=S)NN=Cc1cc(Br)ccc1OCc1ccc(Br)cc1. The van der Waals surface area contributed by atoms with E-state index in [9.17, 15) is 0 Å². The van der Waals surface area contributed by atoms with E-state index in [0.29, 0.717) is 11.7 Å². The lowest BCUT2D eigenvalue weighted by Crippen LogP contribution is -2.31. The van der Waals surface area contributed by atoms with Gasteiger partial charge >= 0.3 is 0 Å². The fraction of sp³-hybridized carbons (Fsp3) is 0.176. The molecule has 2 N–H and O–H groups in total. The standard InChI is InChI=1S/C17H17Br2N3OS/c1-2-20-17(24)22-21-10-13-9-15(19)7-8-16(13)23-11-12-3-5-14(18)6-4-12/h3-10H,2,11H2,1H3,(H2,20,22,24). The van der Waals surface area contributed by atoms with Gasteiger partial charge in [-0.1, -0.05) is 44.0 Å². The van der Waals surface area contributed by atoms with Crippen LogP contribution in [0, 0.1) is 0 Å². The second-order valence-corrected chi connectivity index (χ2v) is 7.07. The van der Waals surface area contributed by atoms with Crippen molar-refractivity contribution in [2.24, 2.45) is 5.10 Å². The van der Waals surface area contributed by atoms with Crippen molar-refractivity contribution in [3.63, 3.8) is 0 Å². The predicted molar refractivity (Wildman–Crippen MR) is 110 cm³/mol. The number of hydrogen-bond donors (Lipinski definition) is 2. The zero-order valence-corrected chi connectivity index (χ0v) is 17.0. The molecule has 0 unspecified atom stereocenters. The van der Waals surface area contributed by atoms with Crippen LogP contribution >= 0.6 is 44.1 Å². The fourth-order valence-corrected chi connectivity index (χ4v) is 2.69. The van der Waals surface area contributed by atoms with Gasteiger partial charge in [-0.25, -0.2) is 0 Å². The highest BCUT2D eigenvalue weighted by molar-refractivity contribution is 9.10. The van der Waals surface area contributed by atoms with Crippen LogP contribution in [-0.4, -0.2) is 17.9 Å². The Morgan fingerprint density at radius 3 is 2.58 bits per heavy atom. The molecule has 0 heterocycles. The van der Waals surface area contributed by atoms with Crippen LogP contribution in [0.15, 0.2) is 56.5 Å². The Bertz CT molecular complexity index is 720. The van der Waals surface area contributed by atoms with E-state index in [4.69, 9.17) is 17.0 Å². The minimum atomic E-state index is 0.485. The fourth-order valence-electron chi connectivity index (χ4n) is 1.85. The van der Waals surface area contributed by atoms with Crippen LogP contribution in [0.2, 0.25) is 0 Å². The lowest BCUT2D eigenvalue weighted by molar-refractivity contribution is 0.305. The quantitative estimate of drug-likeness (QED) is 0.367. The highest BCUT2D eigenvalue weighted by Gasteiger charge is 2.04. The summed E-state index contributed by atoms with van der Waals surface area (Å²) in [5, 5.41) is 7.60. The van der Waals surface area contributed by atoms with Crippen molar-refractivity contribution in [3.8, 4) is 5.75 Å². The van der Waals surface area contributed by atoms with E-state index in [-0.39, 0.29) is 0 Å². The minimum absolute atomic E-state index is 0.485. The summed E-state index contributed by atoms with van der Waals surface area (Å²) in [5.41, 5.74) is 4.72. The van der Waals surface area contributed by atoms with Gasteiger partial charge in [0.1, 0.15) is 12.4 Å². The number of hydrazone groups is 1. The van der Waals surface area contributed by atoms with Gasteiger partial charge in [-0.3, -0.25) is 5.43 Å². The first-order valence-electron chi connectivity index (χ1n) is 7.32. The zero-order chi connectivity index (χ0) is 17.4. The van der Waals surface area contributed by atoms with Gasteiger partial charge in [0.2, 0.25) is 0 Å². The maximum Gasteiger partial charge on any atom is 0.186 e. The van der Waals surface area contributed by atoms with Crippen LogP contribution < -0.4 is 15.5 Å². The number of nitrogens with zero attached hydrogens (tertiary/aromatic N) is 1. The molecule has 7 heteroatoms. The third-order valence-electron chi connectivity index (χ3n) is 2.99. The van der Waals surface area contributed by atoms with Gasteiger partial charge in [0.25, 0.3) is 0 Å². The average molecular weight is 471 g/mol. The number of rotatable bonds is 6. The summed E-state index contributed by atoms with van der Waals surface area (Å²) < 4.78 is 7.92. The van der Waals surface area contributed by atoms with E-state index >= 15 is 0 Å². The van der Waals surface area contributed by atoms with E-state index in [0.717, 1.165) is 32.4 Å². The Labute approximate surface area is 163 Å². The van der Waals surface area contributed by atoms with Gasteiger partial charge in [0.05, 0.1) is 6.21 Å². The number of thiocarbonyl (C=S) groups is 1. The second kappa shape index (κ2) is 9.76. The summed E-state index contributed by atoms with van der Waals surface area (Å²) in [6, 6.07) is 13.8. The number of benzene rings is 2. The Balaban J connectivity index is 2.05. The molecule has 0 fully saturated rings. The van der Waals surface area contributed by atoms with Crippen LogP contribution in [0.1, 0.15) is 18.1 Å². The van der Waals surface area contributed by atoms with Crippen molar-refractivity contribution >= 4 is 55.4 Å². The van der Waals surface area contributed by atoms with E-state index in [2.05, 4.69) is 47.7 Å². The monoisotopic (exact) mass is 469 g/mol. The maximum absolute atomic E-state index is 5.92. The highest BCUT2D eigenvalue weighted by atomic mass is 79.9. The number of halogens is 2. The molecule has 2 rings (SSSR count). The average Bonchev–Trinajstić information content (AvgIpc) is 2.56. The Hall–Kier alpha value is -1.44. The van der Waals surface area contributed by atoms with Gasteiger partial charge in [0.15, 0.2) is 5.11 Å². The molecule has 0 aliphatic carbocycles. The summed E-state index contributed by atoms with van der Waals surface area (Å²) >= 11 is 12.0. The number of nitrogens with one attached hydrogen (secondary N) is 2. The molecule has 0 aliphatic rings. The Kier molecular flexibility index (Phi) is 7.68. The highest BCUT2D eigenvalue weighted by Crippen LogP contribution is 2.23. The molecule has 4 nitrogen and oxygen atoms in total. The van der Waals surface area contributed by atoms with E-state index in [1.807, 2.05) is 49.4 Å². The zero-order valence-electron chi connectivity index (χ0n) is 13.1. The molecule has 2 aromatic rings. The van der Waals surface area contributed by atoms with E-state index in [1.165, 1.54) is 0 Å². The van der Waals surface area contributed by atoms with Gasteiger partial charge in [-0.15, -0.1) is 0 Å². The Morgan fingerprint density at radius 1 is 1.17 bits per heavy atom.